The van der Waals surface area contributed by atoms with Gasteiger partial charge in [0.2, 0.25) is 0 Å². The summed E-state index contributed by atoms with van der Waals surface area (Å²) in [6.45, 7) is 1.87. The highest BCUT2D eigenvalue weighted by molar-refractivity contribution is 7.79. The maximum absolute atomic E-state index is 9.11. The van der Waals surface area contributed by atoms with Crippen molar-refractivity contribution in [2.45, 2.75) is 6.92 Å². The number of phenolic OH excluding ortho intramolecular Hbond substituents is 1. The van der Waals surface area contributed by atoms with Crippen LogP contribution in [0.4, 0.5) is 5.69 Å². The van der Waals surface area contributed by atoms with Crippen molar-refractivity contribution in [2.24, 2.45) is 0 Å². The van der Waals surface area contributed by atoms with E-state index in [1.54, 1.807) is 6.07 Å². The molecule has 0 saturated heterocycles. The smallest absolute Gasteiger partial charge is 0.394 e. The Morgan fingerprint density at radius 1 is 1.27 bits per heavy atom. The Bertz CT molecular complexity index is 407. The highest BCUT2D eigenvalue weighted by Gasteiger charge is 1.94. The van der Waals surface area contributed by atoms with Gasteiger partial charge in [0.1, 0.15) is 5.75 Å². The SMILES string of the molecule is CNc1ccc(O)c(C)c1.O=S(=O)(O)O. The molecule has 0 radical (unpaired) electrons. The van der Waals surface area contributed by atoms with Gasteiger partial charge in [-0.2, -0.15) is 8.42 Å². The first-order valence-corrected chi connectivity index (χ1v) is 5.31. The summed E-state index contributed by atoms with van der Waals surface area (Å²) in [4.78, 5) is 0. The van der Waals surface area contributed by atoms with Crippen molar-refractivity contribution in [3.8, 4) is 5.75 Å². The van der Waals surface area contributed by atoms with Crippen molar-refractivity contribution in [2.75, 3.05) is 12.4 Å². The van der Waals surface area contributed by atoms with Crippen molar-refractivity contribution >= 4 is 16.1 Å². The minimum Gasteiger partial charge on any atom is -0.508 e. The predicted molar refractivity (Wildman–Crippen MR) is 56.6 cm³/mol. The molecule has 0 aliphatic heterocycles. The molecule has 0 amide bonds. The Labute approximate surface area is 88.1 Å². The molecule has 0 saturated carbocycles. The van der Waals surface area contributed by atoms with Crippen molar-refractivity contribution in [1.82, 2.24) is 0 Å². The van der Waals surface area contributed by atoms with E-state index in [-0.39, 0.29) is 0 Å². The fourth-order valence-corrected chi connectivity index (χ4v) is 0.811. The number of rotatable bonds is 1. The molecule has 0 atom stereocenters. The maximum Gasteiger partial charge on any atom is 0.394 e. The first-order valence-electron chi connectivity index (χ1n) is 3.91. The van der Waals surface area contributed by atoms with Gasteiger partial charge in [0.25, 0.3) is 0 Å². The van der Waals surface area contributed by atoms with Gasteiger partial charge in [-0.15, -0.1) is 0 Å². The lowest BCUT2D eigenvalue weighted by Crippen LogP contribution is -1.89. The minimum atomic E-state index is -4.67. The number of benzene rings is 1. The van der Waals surface area contributed by atoms with Crippen LogP contribution >= 0.6 is 0 Å². The van der Waals surface area contributed by atoms with Crippen LogP contribution in [0.5, 0.6) is 5.75 Å². The molecule has 0 spiro atoms. The van der Waals surface area contributed by atoms with Crippen LogP contribution in [-0.4, -0.2) is 29.7 Å². The van der Waals surface area contributed by atoms with E-state index in [0.29, 0.717) is 5.75 Å². The second-order valence-electron chi connectivity index (χ2n) is 2.70. The maximum atomic E-state index is 9.11. The van der Waals surface area contributed by atoms with E-state index in [0.717, 1.165) is 11.3 Å². The Morgan fingerprint density at radius 3 is 2.07 bits per heavy atom. The molecule has 7 heteroatoms. The summed E-state index contributed by atoms with van der Waals surface area (Å²) in [5.41, 5.74) is 1.92. The number of phenols is 1. The first-order chi connectivity index (χ1) is 6.74. The van der Waals surface area contributed by atoms with E-state index in [1.807, 2.05) is 26.1 Å². The van der Waals surface area contributed by atoms with Gasteiger partial charge in [-0.05, 0) is 30.7 Å². The van der Waals surface area contributed by atoms with Crippen molar-refractivity contribution in [3.63, 3.8) is 0 Å². The van der Waals surface area contributed by atoms with Crippen LogP contribution in [0, 0.1) is 6.92 Å². The molecule has 0 heterocycles. The summed E-state index contributed by atoms with van der Waals surface area (Å²) in [5, 5.41) is 12.1. The number of aromatic hydroxyl groups is 1. The number of nitrogens with one attached hydrogen (secondary N) is 1. The Hall–Kier alpha value is -1.31. The molecule has 1 aromatic carbocycles. The van der Waals surface area contributed by atoms with Gasteiger partial charge in [-0.1, -0.05) is 0 Å². The molecule has 0 bridgehead atoms. The summed E-state index contributed by atoms with van der Waals surface area (Å²) < 4.78 is 31.6. The summed E-state index contributed by atoms with van der Waals surface area (Å²) in [7, 11) is -2.81. The normalized spacial score (nSPS) is 10.1. The summed E-state index contributed by atoms with van der Waals surface area (Å²) in [6, 6.07) is 5.42. The highest BCUT2D eigenvalue weighted by atomic mass is 32.3. The van der Waals surface area contributed by atoms with Crippen LogP contribution in [-0.2, 0) is 10.4 Å². The van der Waals surface area contributed by atoms with Crippen molar-refractivity contribution in [1.29, 1.82) is 0 Å². The molecular formula is C8H13NO5S. The molecule has 0 fully saturated rings. The van der Waals surface area contributed by atoms with E-state index >= 15 is 0 Å². The van der Waals surface area contributed by atoms with Crippen LogP contribution in [0.1, 0.15) is 5.56 Å². The molecule has 86 valence electrons. The molecule has 6 nitrogen and oxygen atoms in total. The van der Waals surface area contributed by atoms with Gasteiger partial charge in [0.15, 0.2) is 0 Å². The quantitative estimate of drug-likeness (QED) is 0.429. The molecular weight excluding hydrogens is 222 g/mol. The predicted octanol–water partition coefficient (Wildman–Crippen LogP) is 1.09. The Morgan fingerprint density at radius 2 is 1.73 bits per heavy atom. The molecule has 15 heavy (non-hydrogen) atoms. The third-order valence-electron chi connectivity index (χ3n) is 1.49. The van der Waals surface area contributed by atoms with Gasteiger partial charge in [-0.3, -0.25) is 9.11 Å². The third kappa shape index (κ3) is 7.74. The number of aryl methyl sites for hydroxylation is 1. The molecule has 0 aliphatic rings. The van der Waals surface area contributed by atoms with Gasteiger partial charge in [-0.25, -0.2) is 0 Å². The second kappa shape index (κ2) is 5.54. The zero-order valence-corrected chi connectivity index (χ0v) is 9.11. The Balaban J connectivity index is 0.000000336. The minimum absolute atomic E-state index is 0.346. The van der Waals surface area contributed by atoms with E-state index in [9.17, 15) is 0 Å². The van der Waals surface area contributed by atoms with Crippen molar-refractivity contribution in [3.05, 3.63) is 23.8 Å². The first kappa shape index (κ1) is 13.7. The lowest BCUT2D eigenvalue weighted by molar-refractivity contribution is 0.381. The van der Waals surface area contributed by atoms with Crippen molar-refractivity contribution < 1.29 is 22.6 Å². The lowest BCUT2D eigenvalue weighted by Gasteiger charge is -2.01. The van der Waals surface area contributed by atoms with Gasteiger partial charge >= 0.3 is 10.4 Å². The van der Waals surface area contributed by atoms with Crippen LogP contribution in [0.25, 0.3) is 0 Å². The molecule has 1 rings (SSSR count). The van der Waals surface area contributed by atoms with E-state index in [4.69, 9.17) is 22.6 Å². The summed E-state index contributed by atoms with van der Waals surface area (Å²) in [5.74, 6) is 0.346. The molecule has 1 aromatic rings. The van der Waals surface area contributed by atoms with E-state index in [2.05, 4.69) is 5.32 Å². The summed E-state index contributed by atoms with van der Waals surface area (Å²) >= 11 is 0. The number of hydrogen-bond donors (Lipinski definition) is 4. The average molecular weight is 235 g/mol. The summed E-state index contributed by atoms with van der Waals surface area (Å²) in [6.07, 6.45) is 0. The van der Waals surface area contributed by atoms with E-state index < -0.39 is 10.4 Å². The monoisotopic (exact) mass is 235 g/mol. The number of anilines is 1. The van der Waals surface area contributed by atoms with Crippen LogP contribution in [0.3, 0.4) is 0 Å². The van der Waals surface area contributed by atoms with Crippen LogP contribution < -0.4 is 5.32 Å². The second-order valence-corrected chi connectivity index (χ2v) is 3.59. The fourth-order valence-electron chi connectivity index (χ4n) is 0.811. The van der Waals surface area contributed by atoms with Crippen LogP contribution in [0.2, 0.25) is 0 Å². The largest absolute Gasteiger partial charge is 0.508 e. The molecule has 0 aromatic heterocycles. The van der Waals surface area contributed by atoms with Gasteiger partial charge in [0, 0.05) is 12.7 Å². The van der Waals surface area contributed by atoms with Gasteiger partial charge < -0.3 is 10.4 Å². The number of hydrogen-bond acceptors (Lipinski definition) is 4. The Kier molecular flexibility index (Phi) is 5.06. The topological polar surface area (TPSA) is 107 Å². The third-order valence-corrected chi connectivity index (χ3v) is 1.49. The highest BCUT2D eigenvalue weighted by Crippen LogP contribution is 2.19. The standard InChI is InChI=1S/C8H11NO.H2O4S/c1-6-5-7(9-2)3-4-8(6)10;1-5(2,3)4/h3-5,9-10H,1-2H3;(H2,1,2,3,4). The molecule has 4 N–H and O–H groups in total. The zero-order valence-electron chi connectivity index (χ0n) is 8.30. The van der Waals surface area contributed by atoms with Crippen LogP contribution in [0.15, 0.2) is 18.2 Å². The molecule has 0 aliphatic carbocycles. The zero-order chi connectivity index (χ0) is 12.1. The average Bonchev–Trinajstić information content (AvgIpc) is 2.07. The molecule has 0 unspecified atom stereocenters. The van der Waals surface area contributed by atoms with E-state index in [1.165, 1.54) is 0 Å². The van der Waals surface area contributed by atoms with Gasteiger partial charge in [0.05, 0.1) is 0 Å². The fraction of sp³-hybridized carbons (Fsp3) is 0.250. The lowest BCUT2D eigenvalue weighted by atomic mass is 10.2.